The molecule has 0 radical (unpaired) electrons. The standard InChI is InChI=1S/C24BF20.C22H17N2O/c26-5-1(6(27)14(35)21(42)13(5)34)25(2-7(28)15(36)22(43)16(37)8(2)29,3-9(30)17(38)23(44)18(39)10(3)31)4-11(32)19(40)24(45)20(41)12(4)33;25-22(20-11-10-18-8-4-5-9-19(18)14-20)21-15-23-12-13-24(21)16-17-6-2-1-3-7-17/h;1-15H,16H2/q-1;+1. The number of fused-ring (bicyclic) bond motifs is 1. The van der Waals surface area contributed by atoms with E-state index in [1.807, 2.05) is 71.4 Å². The van der Waals surface area contributed by atoms with Gasteiger partial charge in [-0.05, 0) is 16.8 Å². The summed E-state index contributed by atoms with van der Waals surface area (Å²) in [4.78, 5) is 17.2. The zero-order valence-electron chi connectivity index (χ0n) is 33.8. The Labute approximate surface area is 377 Å². The molecule has 0 unspecified atom stereocenters. The third-order valence-corrected chi connectivity index (χ3v) is 11.0. The highest BCUT2D eigenvalue weighted by Gasteiger charge is 2.52. The zero-order valence-corrected chi connectivity index (χ0v) is 33.8. The smallest absolute Gasteiger partial charge is 0.272 e. The summed E-state index contributed by atoms with van der Waals surface area (Å²) in [6.45, 7) is 0.637. The van der Waals surface area contributed by atoms with Crippen LogP contribution < -0.4 is 26.4 Å². The quantitative estimate of drug-likeness (QED) is 0.0380. The van der Waals surface area contributed by atoms with E-state index < -0.39 is 144 Å². The van der Waals surface area contributed by atoms with Crippen LogP contribution in [-0.4, -0.2) is 16.9 Å². The van der Waals surface area contributed by atoms with Gasteiger partial charge in [0.2, 0.25) is 0 Å². The highest BCUT2D eigenvalue weighted by Crippen LogP contribution is 2.31. The highest BCUT2D eigenvalue weighted by atomic mass is 19.2. The highest BCUT2D eigenvalue weighted by molar-refractivity contribution is 7.20. The van der Waals surface area contributed by atoms with E-state index >= 15 is 35.1 Å². The Kier molecular flexibility index (Phi) is 13.6. The van der Waals surface area contributed by atoms with E-state index in [9.17, 15) is 57.5 Å². The van der Waals surface area contributed by atoms with Crippen LogP contribution >= 0.6 is 0 Å². The van der Waals surface area contributed by atoms with Crippen molar-refractivity contribution in [3.63, 3.8) is 0 Å². The first-order chi connectivity index (χ1) is 33.0. The maximum Gasteiger partial charge on any atom is 0.272 e. The lowest BCUT2D eigenvalue weighted by Crippen LogP contribution is -2.81. The number of benzene rings is 7. The van der Waals surface area contributed by atoms with Crippen LogP contribution in [0.4, 0.5) is 87.8 Å². The molecule has 0 aliphatic carbocycles. The second kappa shape index (κ2) is 19.0. The Balaban J connectivity index is 0.000000242. The number of hydrogen-bond donors (Lipinski definition) is 0. The van der Waals surface area contributed by atoms with Gasteiger partial charge in [0, 0.05) is 11.1 Å². The molecule has 0 aliphatic rings. The molecule has 8 rings (SSSR count). The van der Waals surface area contributed by atoms with Crippen molar-refractivity contribution >= 4 is 44.6 Å². The van der Waals surface area contributed by atoms with Crippen LogP contribution in [0.1, 0.15) is 21.6 Å². The van der Waals surface area contributed by atoms with Crippen molar-refractivity contribution in [1.82, 2.24) is 4.98 Å². The molecule has 3 nitrogen and oxygen atoms in total. The van der Waals surface area contributed by atoms with Gasteiger partial charge in [0.05, 0.1) is 6.20 Å². The summed E-state index contributed by atoms with van der Waals surface area (Å²) in [5.74, 6) is -71.4. The molecule has 24 heteroatoms. The third kappa shape index (κ3) is 7.93. The predicted molar refractivity (Wildman–Crippen MR) is 207 cm³/mol. The van der Waals surface area contributed by atoms with E-state index in [4.69, 9.17) is 0 Å². The van der Waals surface area contributed by atoms with Crippen molar-refractivity contribution in [1.29, 1.82) is 0 Å². The SMILES string of the molecule is Fc1c(F)c(F)c([B-](c2c(F)c(F)c(F)c(F)c2F)(c2c(F)c(F)c(F)c(F)c2F)c2c(F)c(F)c(F)c(F)c2F)c(F)c1F.O=C(c1ccc2ccccc2c1)c1cncc[n+]1Cc1ccccc1. The van der Waals surface area contributed by atoms with Crippen molar-refractivity contribution < 1.29 is 97.2 Å². The van der Waals surface area contributed by atoms with Crippen molar-refractivity contribution in [2.24, 2.45) is 0 Å². The van der Waals surface area contributed by atoms with Gasteiger partial charge in [-0.3, -0.25) is 9.78 Å². The fraction of sp³-hybridized carbons (Fsp3) is 0.0217. The maximum atomic E-state index is 15.4. The van der Waals surface area contributed by atoms with E-state index in [-0.39, 0.29) is 5.78 Å². The summed E-state index contributed by atoms with van der Waals surface area (Å²) in [6, 6.07) is 24.0. The monoisotopic (exact) mass is 1000 g/mol. The van der Waals surface area contributed by atoms with Crippen LogP contribution in [0.5, 0.6) is 0 Å². The van der Waals surface area contributed by atoms with Crippen LogP contribution in [0, 0.1) is 116 Å². The fourth-order valence-corrected chi connectivity index (χ4v) is 7.85. The minimum Gasteiger partial charge on any atom is -0.282 e. The molecule has 0 atom stereocenters. The molecule has 360 valence electrons. The molecule has 0 saturated carbocycles. The largest absolute Gasteiger partial charge is 0.282 e. The van der Waals surface area contributed by atoms with E-state index in [1.165, 1.54) is 0 Å². The first kappa shape index (κ1) is 50.1. The average molecular weight is 1000 g/mol. The van der Waals surface area contributed by atoms with Gasteiger partial charge in [0.1, 0.15) is 58.9 Å². The zero-order chi connectivity index (χ0) is 51.4. The van der Waals surface area contributed by atoms with Gasteiger partial charge in [-0.15, -0.1) is 21.9 Å². The molecule has 0 saturated heterocycles. The van der Waals surface area contributed by atoms with Crippen LogP contribution in [0.25, 0.3) is 10.8 Å². The van der Waals surface area contributed by atoms with E-state index in [0.717, 1.165) is 16.3 Å². The minimum absolute atomic E-state index is 0.0187. The lowest BCUT2D eigenvalue weighted by Gasteiger charge is -2.44. The number of hydrogen-bond acceptors (Lipinski definition) is 2. The van der Waals surface area contributed by atoms with Crippen molar-refractivity contribution in [2.45, 2.75) is 6.54 Å². The number of carbonyl (C=O) groups is 1. The topological polar surface area (TPSA) is 33.8 Å². The molecule has 0 N–H and O–H groups in total. The molecule has 0 amide bonds. The molecule has 1 heterocycles. The number of nitrogens with zero attached hydrogens (tertiary/aromatic N) is 2. The summed E-state index contributed by atoms with van der Waals surface area (Å²) < 4.78 is 296. The molecule has 70 heavy (non-hydrogen) atoms. The van der Waals surface area contributed by atoms with Gasteiger partial charge in [-0.2, -0.15) is 4.57 Å². The summed E-state index contributed by atoms with van der Waals surface area (Å²) >= 11 is 0. The van der Waals surface area contributed by atoms with Crippen LogP contribution in [0.2, 0.25) is 0 Å². The Hall–Kier alpha value is -7.79. The summed E-state index contributed by atoms with van der Waals surface area (Å²) in [6.07, 6.45) is -2.02. The molecule has 1 aromatic heterocycles. The Morgan fingerprint density at radius 1 is 0.400 bits per heavy atom. The number of aromatic nitrogens is 2. The van der Waals surface area contributed by atoms with Gasteiger partial charge >= 0.3 is 0 Å². The van der Waals surface area contributed by atoms with Crippen molar-refractivity contribution in [3.8, 4) is 0 Å². The first-order valence-corrected chi connectivity index (χ1v) is 19.2. The Bertz CT molecular complexity index is 3070. The number of carbonyl (C=O) groups excluding carboxylic acids is 1. The summed E-state index contributed by atoms with van der Waals surface area (Å²) in [7, 11) is 0. The maximum absolute atomic E-state index is 15.4. The molecule has 0 spiro atoms. The fourth-order valence-electron chi connectivity index (χ4n) is 7.85. The number of rotatable bonds is 8. The predicted octanol–water partition coefficient (Wildman–Crippen LogP) is 9.65. The second-order valence-electron chi connectivity index (χ2n) is 14.8. The molecule has 7 aromatic carbocycles. The molecule has 0 bridgehead atoms. The van der Waals surface area contributed by atoms with E-state index in [0.29, 0.717) is 17.8 Å². The van der Waals surface area contributed by atoms with Crippen LogP contribution in [0.3, 0.4) is 0 Å². The number of ketones is 1. The van der Waals surface area contributed by atoms with Crippen LogP contribution in [-0.2, 0) is 6.54 Å². The molecular weight excluding hydrogens is 987 g/mol. The molecule has 0 aliphatic heterocycles. The third-order valence-electron chi connectivity index (χ3n) is 11.0. The van der Waals surface area contributed by atoms with Gasteiger partial charge < -0.3 is 0 Å². The Morgan fingerprint density at radius 3 is 1.10 bits per heavy atom. The van der Waals surface area contributed by atoms with Crippen molar-refractivity contribution in [2.75, 3.05) is 0 Å². The molecule has 0 fully saturated rings. The van der Waals surface area contributed by atoms with E-state index in [1.54, 1.807) is 12.4 Å². The average Bonchev–Trinajstić information content (AvgIpc) is 3.36. The van der Waals surface area contributed by atoms with Gasteiger partial charge in [0.15, 0.2) is 82.5 Å². The number of halogens is 20. The van der Waals surface area contributed by atoms with Gasteiger partial charge in [-0.25, -0.2) is 87.8 Å². The lowest BCUT2D eigenvalue weighted by molar-refractivity contribution is -0.690. The molecular formula is C46H17BF20N2O. The second-order valence-corrected chi connectivity index (χ2v) is 14.8. The Morgan fingerprint density at radius 2 is 0.729 bits per heavy atom. The van der Waals surface area contributed by atoms with Gasteiger partial charge in [-0.1, -0.05) is 66.7 Å². The lowest BCUT2D eigenvalue weighted by atomic mass is 9.12. The molecule has 8 aromatic rings. The summed E-state index contributed by atoms with van der Waals surface area (Å²) in [5.41, 5.74) is -11.9. The first-order valence-electron chi connectivity index (χ1n) is 19.2. The normalized spacial score (nSPS) is 11.5. The van der Waals surface area contributed by atoms with Crippen LogP contribution in [0.15, 0.2) is 91.4 Å². The summed E-state index contributed by atoms with van der Waals surface area (Å²) in [5, 5.41) is 2.19. The van der Waals surface area contributed by atoms with Crippen molar-refractivity contribution in [3.05, 3.63) is 225 Å². The van der Waals surface area contributed by atoms with Gasteiger partial charge in [0.25, 0.3) is 11.5 Å². The minimum atomic E-state index is -7.22. The van der Waals surface area contributed by atoms with E-state index in [2.05, 4.69) is 17.1 Å².